The quantitative estimate of drug-likeness (QED) is 0.773. The summed E-state index contributed by atoms with van der Waals surface area (Å²) in [5, 5.41) is 5.92. The molecule has 130 valence electrons. The van der Waals surface area contributed by atoms with Crippen LogP contribution in [0.25, 0.3) is 0 Å². The molecule has 2 heterocycles. The molecule has 1 amide bonds. The van der Waals surface area contributed by atoms with Crippen LogP contribution in [0.15, 0.2) is 15.4 Å². The molecule has 0 bridgehead atoms. The van der Waals surface area contributed by atoms with Crippen molar-refractivity contribution in [1.82, 2.24) is 14.9 Å². The molecule has 1 aromatic rings. The van der Waals surface area contributed by atoms with E-state index in [1.54, 1.807) is 6.92 Å². The van der Waals surface area contributed by atoms with E-state index in [-0.39, 0.29) is 22.5 Å². The van der Waals surface area contributed by atoms with Crippen LogP contribution in [0.2, 0.25) is 0 Å². The predicted octanol–water partition coefficient (Wildman–Crippen LogP) is 1.10. The zero-order valence-corrected chi connectivity index (χ0v) is 14.7. The lowest BCUT2D eigenvalue weighted by atomic mass is 10.3. The Kier molecular flexibility index (Phi) is 5.83. The topological polar surface area (TPSA) is 91.6 Å². The van der Waals surface area contributed by atoms with Crippen molar-refractivity contribution in [3.8, 4) is 0 Å². The van der Waals surface area contributed by atoms with Gasteiger partial charge in [0.05, 0.1) is 0 Å². The zero-order valence-electron chi connectivity index (χ0n) is 13.9. The fourth-order valence-electron chi connectivity index (χ4n) is 2.65. The maximum absolute atomic E-state index is 12.6. The van der Waals surface area contributed by atoms with E-state index in [0.29, 0.717) is 19.6 Å². The van der Waals surface area contributed by atoms with Gasteiger partial charge in [-0.25, -0.2) is 8.42 Å². The van der Waals surface area contributed by atoms with Crippen LogP contribution in [-0.2, 0) is 10.0 Å². The summed E-state index contributed by atoms with van der Waals surface area (Å²) in [6.07, 6.45) is 1.73. The Morgan fingerprint density at radius 1 is 1.39 bits per heavy atom. The summed E-state index contributed by atoms with van der Waals surface area (Å²) in [6, 6.07) is 1.46. The fourth-order valence-corrected chi connectivity index (χ4v) is 4.33. The maximum Gasteiger partial charge on any atom is 0.287 e. The van der Waals surface area contributed by atoms with Crippen molar-refractivity contribution in [2.24, 2.45) is 0 Å². The third kappa shape index (κ3) is 4.13. The van der Waals surface area contributed by atoms with Crippen molar-refractivity contribution < 1.29 is 17.6 Å². The summed E-state index contributed by atoms with van der Waals surface area (Å²) in [7, 11) is -3.57. The van der Waals surface area contributed by atoms with Crippen molar-refractivity contribution in [2.45, 2.75) is 44.6 Å². The van der Waals surface area contributed by atoms with Crippen LogP contribution in [0, 0.1) is 6.92 Å². The second kappa shape index (κ2) is 7.46. The van der Waals surface area contributed by atoms with Crippen LogP contribution in [0.1, 0.15) is 43.0 Å². The van der Waals surface area contributed by atoms with Crippen molar-refractivity contribution >= 4 is 15.9 Å². The number of furan rings is 1. The Morgan fingerprint density at radius 3 is 2.65 bits per heavy atom. The van der Waals surface area contributed by atoms with Gasteiger partial charge in [-0.1, -0.05) is 6.92 Å². The number of amides is 1. The molecule has 1 fully saturated rings. The van der Waals surface area contributed by atoms with Gasteiger partial charge in [0.15, 0.2) is 5.76 Å². The lowest BCUT2D eigenvalue weighted by Crippen LogP contribution is -2.38. The average Bonchev–Trinajstić information content (AvgIpc) is 3.14. The Morgan fingerprint density at radius 2 is 2.04 bits per heavy atom. The number of carbonyl (C=O) groups is 1. The molecule has 1 aliphatic heterocycles. The monoisotopic (exact) mass is 343 g/mol. The van der Waals surface area contributed by atoms with Gasteiger partial charge >= 0.3 is 0 Å². The molecule has 1 aliphatic rings. The summed E-state index contributed by atoms with van der Waals surface area (Å²) < 4.78 is 32.0. The SMILES string of the molecule is CCN[C@H](C)CNC(=O)c1cc(S(=O)(=O)N2CCCC2)c(C)o1. The molecule has 2 rings (SSSR count). The van der Waals surface area contributed by atoms with Crippen LogP contribution < -0.4 is 10.6 Å². The van der Waals surface area contributed by atoms with Gasteiger partial charge in [-0.3, -0.25) is 4.79 Å². The van der Waals surface area contributed by atoms with Crippen LogP contribution in [-0.4, -0.2) is 50.9 Å². The molecular weight excluding hydrogens is 318 g/mol. The number of sulfonamides is 1. The molecule has 1 aromatic heterocycles. The Labute approximate surface area is 137 Å². The van der Waals surface area contributed by atoms with Gasteiger partial charge < -0.3 is 15.1 Å². The van der Waals surface area contributed by atoms with Gasteiger partial charge in [-0.05, 0) is 33.2 Å². The minimum atomic E-state index is -3.57. The van der Waals surface area contributed by atoms with E-state index in [4.69, 9.17) is 4.42 Å². The van der Waals surface area contributed by atoms with E-state index in [9.17, 15) is 13.2 Å². The average molecular weight is 343 g/mol. The van der Waals surface area contributed by atoms with Crippen molar-refractivity contribution in [2.75, 3.05) is 26.2 Å². The first-order valence-corrected chi connectivity index (χ1v) is 9.42. The number of likely N-dealkylation sites (N-methyl/N-ethyl adjacent to an activating group) is 1. The van der Waals surface area contributed by atoms with Crippen molar-refractivity contribution in [3.05, 3.63) is 17.6 Å². The second-order valence-corrected chi connectivity index (χ2v) is 7.72. The van der Waals surface area contributed by atoms with Gasteiger partial charge in [-0.15, -0.1) is 0 Å². The number of aryl methyl sites for hydroxylation is 1. The molecule has 0 aromatic carbocycles. The molecule has 0 spiro atoms. The minimum absolute atomic E-state index is 0.0315. The Hall–Kier alpha value is -1.38. The van der Waals surface area contributed by atoms with Gasteiger partial charge in [0.25, 0.3) is 5.91 Å². The predicted molar refractivity (Wildman–Crippen MR) is 86.9 cm³/mol. The highest BCUT2D eigenvalue weighted by Crippen LogP contribution is 2.26. The summed E-state index contributed by atoms with van der Waals surface area (Å²) in [6.45, 7) is 7.82. The standard InChI is InChI=1S/C15H25N3O4S/c1-4-16-11(2)10-17-15(19)13-9-14(12(3)22-13)23(20,21)18-7-5-6-8-18/h9,11,16H,4-8,10H2,1-3H3,(H,17,19)/t11-/m1/s1. The number of rotatable bonds is 7. The normalized spacial score (nSPS) is 17.3. The van der Waals surface area contributed by atoms with Crippen molar-refractivity contribution in [3.63, 3.8) is 0 Å². The van der Waals surface area contributed by atoms with E-state index < -0.39 is 15.9 Å². The molecule has 8 heteroatoms. The molecule has 0 saturated carbocycles. The summed E-state index contributed by atoms with van der Waals surface area (Å²) in [5.41, 5.74) is 0. The summed E-state index contributed by atoms with van der Waals surface area (Å²) >= 11 is 0. The highest BCUT2D eigenvalue weighted by atomic mass is 32.2. The first-order valence-electron chi connectivity index (χ1n) is 7.98. The number of hydrogen-bond donors (Lipinski definition) is 2. The summed E-state index contributed by atoms with van der Waals surface area (Å²) in [5.74, 6) is -0.119. The zero-order chi connectivity index (χ0) is 17.0. The molecular formula is C15H25N3O4S. The molecule has 0 aliphatic carbocycles. The van der Waals surface area contributed by atoms with Crippen LogP contribution >= 0.6 is 0 Å². The smallest absolute Gasteiger partial charge is 0.287 e. The molecule has 1 atom stereocenters. The maximum atomic E-state index is 12.6. The number of hydrogen-bond acceptors (Lipinski definition) is 5. The molecule has 1 saturated heterocycles. The lowest BCUT2D eigenvalue weighted by molar-refractivity contribution is 0.0921. The number of nitrogens with zero attached hydrogens (tertiary/aromatic N) is 1. The molecule has 0 unspecified atom stereocenters. The lowest BCUT2D eigenvalue weighted by Gasteiger charge is -2.14. The van der Waals surface area contributed by atoms with Gasteiger partial charge in [0.2, 0.25) is 10.0 Å². The van der Waals surface area contributed by atoms with Gasteiger partial charge in [0, 0.05) is 31.7 Å². The number of nitrogens with one attached hydrogen (secondary N) is 2. The Balaban J connectivity index is 2.10. The van der Waals surface area contributed by atoms with E-state index in [0.717, 1.165) is 19.4 Å². The van der Waals surface area contributed by atoms with E-state index in [2.05, 4.69) is 10.6 Å². The fraction of sp³-hybridized carbons (Fsp3) is 0.667. The van der Waals surface area contributed by atoms with Crippen molar-refractivity contribution in [1.29, 1.82) is 0 Å². The third-order valence-corrected chi connectivity index (χ3v) is 5.91. The first-order chi connectivity index (χ1) is 10.9. The molecule has 2 N–H and O–H groups in total. The van der Waals surface area contributed by atoms with Crippen LogP contribution in [0.5, 0.6) is 0 Å². The van der Waals surface area contributed by atoms with Gasteiger partial charge in [0.1, 0.15) is 10.7 Å². The highest BCUT2D eigenvalue weighted by Gasteiger charge is 2.31. The third-order valence-electron chi connectivity index (χ3n) is 3.90. The van der Waals surface area contributed by atoms with Crippen LogP contribution in [0.3, 0.4) is 0 Å². The first kappa shape index (κ1) is 18.0. The molecule has 0 radical (unpaired) electrons. The second-order valence-electron chi connectivity index (χ2n) is 5.81. The van der Waals surface area contributed by atoms with Crippen LogP contribution in [0.4, 0.5) is 0 Å². The molecule has 23 heavy (non-hydrogen) atoms. The number of carbonyl (C=O) groups excluding carboxylic acids is 1. The summed E-state index contributed by atoms with van der Waals surface area (Å²) in [4.78, 5) is 12.2. The van der Waals surface area contributed by atoms with E-state index in [1.165, 1.54) is 10.4 Å². The largest absolute Gasteiger partial charge is 0.455 e. The van der Waals surface area contributed by atoms with Gasteiger partial charge in [-0.2, -0.15) is 4.31 Å². The highest BCUT2D eigenvalue weighted by molar-refractivity contribution is 7.89. The Bertz CT molecular complexity index is 648. The minimum Gasteiger partial charge on any atom is -0.455 e. The van der Waals surface area contributed by atoms with E-state index >= 15 is 0 Å². The van der Waals surface area contributed by atoms with E-state index in [1.807, 2.05) is 13.8 Å². The molecule has 7 nitrogen and oxygen atoms in total.